The van der Waals surface area contributed by atoms with Crippen molar-refractivity contribution in [3.8, 4) is 0 Å². The molecule has 0 atom stereocenters. The number of carbonyl (C=O) groups excluding carboxylic acids is 1. The fourth-order valence-electron chi connectivity index (χ4n) is 1.80. The summed E-state index contributed by atoms with van der Waals surface area (Å²) in [6.07, 6.45) is 0. The van der Waals surface area contributed by atoms with Crippen molar-refractivity contribution in [3.05, 3.63) is 53.0 Å². The van der Waals surface area contributed by atoms with Crippen LogP contribution in [0.3, 0.4) is 0 Å². The van der Waals surface area contributed by atoms with Gasteiger partial charge in [0, 0.05) is 29.2 Å². The third kappa shape index (κ3) is 5.07. The fraction of sp³-hybridized carbons (Fsp3) is 0.188. The maximum absolute atomic E-state index is 12.0. The first-order valence-corrected chi connectivity index (χ1v) is 10.2. The number of thioether (sulfide) groups is 1. The van der Waals surface area contributed by atoms with Gasteiger partial charge >= 0.3 is 0 Å². The minimum absolute atomic E-state index is 0.147. The minimum atomic E-state index is -3.46. The number of nitrogens with zero attached hydrogens (tertiary/aromatic N) is 1. The lowest BCUT2D eigenvalue weighted by molar-refractivity contribution is -0.113. The van der Waals surface area contributed by atoms with E-state index in [1.807, 2.05) is 24.3 Å². The van der Waals surface area contributed by atoms with E-state index in [4.69, 9.17) is 0 Å². The summed E-state index contributed by atoms with van der Waals surface area (Å²) < 4.78 is 26.1. The highest BCUT2D eigenvalue weighted by Gasteiger charge is 2.16. The Morgan fingerprint density at radius 3 is 2.21 bits per heavy atom. The molecule has 2 rings (SSSR count). The standard InChI is InChI=1S/C16H17BrN2O3S2/c1-19(2)24(21,22)15-9-5-13(6-10-15)18-16(20)11-23-14-7-3-12(17)4-8-14/h3-10H,11H2,1-2H3,(H,18,20). The van der Waals surface area contributed by atoms with Crippen molar-refractivity contribution >= 4 is 49.3 Å². The Morgan fingerprint density at radius 1 is 1.08 bits per heavy atom. The van der Waals surface area contributed by atoms with Crippen molar-refractivity contribution in [2.45, 2.75) is 9.79 Å². The molecule has 0 aromatic heterocycles. The highest BCUT2D eigenvalue weighted by atomic mass is 79.9. The summed E-state index contributed by atoms with van der Waals surface area (Å²) in [5.74, 6) is 0.130. The summed E-state index contributed by atoms with van der Waals surface area (Å²) in [7, 11) is -0.506. The van der Waals surface area contributed by atoms with E-state index in [9.17, 15) is 13.2 Å². The molecule has 0 aliphatic rings. The maximum atomic E-state index is 12.0. The molecule has 0 spiro atoms. The highest BCUT2D eigenvalue weighted by Crippen LogP contribution is 2.21. The second-order valence-corrected chi connectivity index (χ2v) is 9.22. The van der Waals surface area contributed by atoms with Crippen LogP contribution in [0.5, 0.6) is 0 Å². The van der Waals surface area contributed by atoms with E-state index in [-0.39, 0.29) is 16.6 Å². The smallest absolute Gasteiger partial charge is 0.242 e. The lowest BCUT2D eigenvalue weighted by atomic mass is 10.3. The van der Waals surface area contributed by atoms with Gasteiger partial charge in [0.2, 0.25) is 15.9 Å². The van der Waals surface area contributed by atoms with E-state index in [1.165, 1.54) is 38.0 Å². The van der Waals surface area contributed by atoms with E-state index in [1.54, 1.807) is 12.1 Å². The molecule has 1 amide bonds. The van der Waals surface area contributed by atoms with Crippen LogP contribution in [0, 0.1) is 0 Å². The van der Waals surface area contributed by atoms with Gasteiger partial charge in [0.05, 0.1) is 10.6 Å². The van der Waals surface area contributed by atoms with Gasteiger partial charge in [0.1, 0.15) is 0 Å². The average molecular weight is 429 g/mol. The molecule has 1 N–H and O–H groups in total. The van der Waals surface area contributed by atoms with E-state index in [0.29, 0.717) is 5.69 Å². The summed E-state index contributed by atoms with van der Waals surface area (Å²) in [5.41, 5.74) is 0.564. The van der Waals surface area contributed by atoms with Crippen molar-refractivity contribution in [3.63, 3.8) is 0 Å². The molecule has 2 aromatic rings. The molecule has 0 aliphatic heterocycles. The number of amides is 1. The molecule has 8 heteroatoms. The minimum Gasteiger partial charge on any atom is -0.325 e. The number of hydrogen-bond donors (Lipinski definition) is 1. The van der Waals surface area contributed by atoms with Crippen LogP contribution in [0.2, 0.25) is 0 Å². The molecular weight excluding hydrogens is 412 g/mol. The SMILES string of the molecule is CN(C)S(=O)(=O)c1ccc(NC(=O)CSc2ccc(Br)cc2)cc1. The van der Waals surface area contributed by atoms with Crippen LogP contribution < -0.4 is 5.32 Å². The molecule has 0 saturated carbocycles. The Morgan fingerprint density at radius 2 is 1.67 bits per heavy atom. The predicted octanol–water partition coefficient (Wildman–Crippen LogP) is 3.43. The molecule has 0 fully saturated rings. The quantitative estimate of drug-likeness (QED) is 0.715. The summed E-state index contributed by atoms with van der Waals surface area (Å²) in [5, 5.41) is 2.75. The van der Waals surface area contributed by atoms with Gasteiger partial charge in [-0.05, 0) is 48.5 Å². The third-order valence-corrected chi connectivity index (χ3v) is 6.47. The maximum Gasteiger partial charge on any atom is 0.242 e. The Kier molecular flexibility index (Phi) is 6.45. The van der Waals surface area contributed by atoms with Gasteiger partial charge in [-0.1, -0.05) is 15.9 Å². The van der Waals surface area contributed by atoms with E-state index in [2.05, 4.69) is 21.2 Å². The topological polar surface area (TPSA) is 66.5 Å². The number of anilines is 1. The molecular formula is C16H17BrN2O3S2. The van der Waals surface area contributed by atoms with Gasteiger partial charge in [0.15, 0.2) is 0 Å². The Hall–Kier alpha value is -1.35. The molecule has 0 unspecified atom stereocenters. The molecule has 0 heterocycles. The van der Waals surface area contributed by atoms with Crippen LogP contribution in [0.4, 0.5) is 5.69 Å². The van der Waals surface area contributed by atoms with Gasteiger partial charge in [-0.25, -0.2) is 12.7 Å². The number of hydrogen-bond acceptors (Lipinski definition) is 4. The predicted molar refractivity (Wildman–Crippen MR) is 101 cm³/mol. The van der Waals surface area contributed by atoms with E-state index >= 15 is 0 Å². The monoisotopic (exact) mass is 428 g/mol. The van der Waals surface area contributed by atoms with Gasteiger partial charge in [0.25, 0.3) is 0 Å². The molecule has 2 aromatic carbocycles. The molecule has 0 aliphatic carbocycles. The van der Waals surface area contributed by atoms with Gasteiger partial charge < -0.3 is 5.32 Å². The molecule has 24 heavy (non-hydrogen) atoms. The average Bonchev–Trinajstić information content (AvgIpc) is 2.54. The molecule has 0 saturated heterocycles. The van der Waals surface area contributed by atoms with Crippen molar-refractivity contribution in [2.75, 3.05) is 25.2 Å². The summed E-state index contributed by atoms with van der Waals surface area (Å²) in [6.45, 7) is 0. The number of sulfonamides is 1. The van der Waals surface area contributed by atoms with Crippen molar-refractivity contribution < 1.29 is 13.2 Å². The van der Waals surface area contributed by atoms with Crippen molar-refractivity contribution in [1.29, 1.82) is 0 Å². The summed E-state index contributed by atoms with van der Waals surface area (Å²) in [4.78, 5) is 13.2. The number of nitrogens with one attached hydrogen (secondary N) is 1. The van der Waals surface area contributed by atoms with E-state index < -0.39 is 10.0 Å². The number of benzene rings is 2. The molecule has 0 radical (unpaired) electrons. The van der Waals surface area contributed by atoms with Gasteiger partial charge in [-0.2, -0.15) is 0 Å². The lowest BCUT2D eigenvalue weighted by Crippen LogP contribution is -2.22. The second-order valence-electron chi connectivity index (χ2n) is 5.10. The lowest BCUT2D eigenvalue weighted by Gasteiger charge is -2.12. The highest BCUT2D eigenvalue weighted by molar-refractivity contribution is 9.10. The fourth-order valence-corrected chi connectivity index (χ4v) is 3.66. The Balaban J connectivity index is 1.93. The zero-order valence-corrected chi connectivity index (χ0v) is 16.4. The van der Waals surface area contributed by atoms with Crippen LogP contribution >= 0.6 is 27.7 Å². The largest absolute Gasteiger partial charge is 0.325 e. The Bertz CT molecular complexity index is 804. The van der Waals surface area contributed by atoms with Crippen LogP contribution in [0.25, 0.3) is 0 Å². The van der Waals surface area contributed by atoms with Crippen LogP contribution in [0.15, 0.2) is 62.8 Å². The summed E-state index contributed by atoms with van der Waals surface area (Å²) in [6, 6.07) is 13.8. The second kappa shape index (κ2) is 8.15. The zero-order chi connectivity index (χ0) is 17.7. The number of carbonyl (C=O) groups is 1. The molecule has 128 valence electrons. The van der Waals surface area contributed by atoms with Gasteiger partial charge in [-0.3, -0.25) is 4.79 Å². The van der Waals surface area contributed by atoms with E-state index in [0.717, 1.165) is 13.7 Å². The Labute approximate surface area is 154 Å². The first kappa shape index (κ1) is 19.0. The first-order valence-electron chi connectivity index (χ1n) is 7.00. The normalized spacial score (nSPS) is 11.5. The van der Waals surface area contributed by atoms with Crippen LogP contribution in [0.1, 0.15) is 0 Å². The zero-order valence-electron chi connectivity index (χ0n) is 13.2. The first-order chi connectivity index (χ1) is 11.3. The molecule has 0 bridgehead atoms. The number of halogens is 1. The van der Waals surface area contributed by atoms with Crippen molar-refractivity contribution in [2.24, 2.45) is 0 Å². The third-order valence-electron chi connectivity index (χ3n) is 3.10. The summed E-state index contributed by atoms with van der Waals surface area (Å²) >= 11 is 4.80. The van der Waals surface area contributed by atoms with Gasteiger partial charge in [-0.15, -0.1) is 11.8 Å². The molecule has 5 nitrogen and oxygen atoms in total. The number of rotatable bonds is 6. The van der Waals surface area contributed by atoms with Crippen LogP contribution in [-0.2, 0) is 14.8 Å². The van der Waals surface area contributed by atoms with Crippen LogP contribution in [-0.4, -0.2) is 38.5 Å². The van der Waals surface area contributed by atoms with Crippen molar-refractivity contribution in [1.82, 2.24) is 4.31 Å².